The molecule has 0 aliphatic rings. The molecule has 0 aliphatic heterocycles. The third-order valence-electron chi connectivity index (χ3n) is 3.19. The van der Waals surface area contributed by atoms with Gasteiger partial charge in [0.25, 0.3) is 0 Å². The highest BCUT2D eigenvalue weighted by molar-refractivity contribution is 5.81. The summed E-state index contributed by atoms with van der Waals surface area (Å²) < 4.78 is 0. The highest BCUT2D eigenvalue weighted by Gasteiger charge is 1.93. The number of fused-ring (bicyclic) bond motifs is 1. The van der Waals surface area contributed by atoms with E-state index in [0.717, 1.165) is 16.9 Å². The highest BCUT2D eigenvalue weighted by Crippen LogP contribution is 2.14. The predicted molar refractivity (Wildman–Crippen MR) is 119 cm³/mol. The normalized spacial score (nSPS) is 9.52. The van der Waals surface area contributed by atoms with Gasteiger partial charge in [-0.2, -0.15) is 5.10 Å². The molecule has 0 saturated heterocycles. The van der Waals surface area contributed by atoms with E-state index < -0.39 is 0 Å². The third kappa shape index (κ3) is 11.2. The zero-order valence-corrected chi connectivity index (χ0v) is 17.3. The van der Waals surface area contributed by atoms with Gasteiger partial charge in [0.2, 0.25) is 0 Å². The van der Waals surface area contributed by atoms with E-state index in [1.165, 1.54) is 10.9 Å². The zero-order chi connectivity index (χ0) is 20.5. The summed E-state index contributed by atoms with van der Waals surface area (Å²) in [7, 11) is 0. The maximum Gasteiger partial charge on any atom is 0.0704 e. The number of H-pyrrole nitrogens is 1. The molecule has 1 N–H and O–H groups in total. The van der Waals surface area contributed by atoms with Crippen LogP contribution < -0.4 is 0 Å². The first-order chi connectivity index (χ1) is 13.0. The monoisotopic (exact) mass is 361 g/mol. The number of allylic oxidation sites excluding steroid dienone is 4. The van der Waals surface area contributed by atoms with Crippen LogP contribution in [0.3, 0.4) is 0 Å². The van der Waals surface area contributed by atoms with Gasteiger partial charge in [-0.3, -0.25) is 10.1 Å². The summed E-state index contributed by atoms with van der Waals surface area (Å²) in [5, 5.41) is 7.95. The van der Waals surface area contributed by atoms with E-state index in [-0.39, 0.29) is 0 Å². The Labute approximate surface area is 164 Å². The van der Waals surface area contributed by atoms with Gasteiger partial charge in [0.1, 0.15) is 0 Å². The molecule has 2 heterocycles. The van der Waals surface area contributed by atoms with Gasteiger partial charge in [-0.15, -0.1) is 12.3 Å². The Morgan fingerprint density at radius 2 is 1.63 bits per heavy atom. The van der Waals surface area contributed by atoms with Crippen LogP contribution in [-0.4, -0.2) is 15.2 Å². The molecule has 3 rings (SSSR count). The van der Waals surface area contributed by atoms with Crippen molar-refractivity contribution in [3.63, 3.8) is 0 Å². The molecule has 0 atom stereocenters. The van der Waals surface area contributed by atoms with E-state index in [4.69, 9.17) is 0 Å². The van der Waals surface area contributed by atoms with Crippen molar-refractivity contribution in [1.82, 2.24) is 15.2 Å². The average Bonchev–Trinajstić information content (AvgIpc) is 3.05. The number of aryl methyl sites for hydroxylation is 3. The summed E-state index contributed by atoms with van der Waals surface area (Å²) >= 11 is 0. The number of benzene rings is 1. The Hall–Kier alpha value is -3.12. The number of nitrogens with one attached hydrogen (secondary N) is 1. The van der Waals surface area contributed by atoms with Crippen LogP contribution in [0, 0.1) is 33.1 Å². The number of hydrogen-bond donors (Lipinski definition) is 1. The van der Waals surface area contributed by atoms with Gasteiger partial charge >= 0.3 is 0 Å². The molecule has 3 nitrogen and oxygen atoms in total. The molecular formula is C24H31N3. The van der Waals surface area contributed by atoms with Crippen LogP contribution >= 0.6 is 0 Å². The molecule has 0 bridgehead atoms. The number of terminal acetylenes is 1. The SMILES string of the molecule is C#CC.C/C=C\C=C/C.Cc1cc(C)[nH]n1.Cc1cccc2ncccc12. The van der Waals surface area contributed by atoms with E-state index in [9.17, 15) is 0 Å². The first-order valence-corrected chi connectivity index (χ1v) is 8.90. The Morgan fingerprint density at radius 3 is 2.04 bits per heavy atom. The van der Waals surface area contributed by atoms with Gasteiger partial charge in [-0.1, -0.05) is 42.5 Å². The molecule has 3 heteroatoms. The molecular weight excluding hydrogens is 330 g/mol. The lowest BCUT2D eigenvalue weighted by Crippen LogP contribution is -1.79. The lowest BCUT2D eigenvalue weighted by Gasteiger charge is -1.97. The summed E-state index contributed by atoms with van der Waals surface area (Å²) in [6.45, 7) is 11.7. The minimum atomic E-state index is 1.05. The smallest absolute Gasteiger partial charge is 0.0704 e. The molecule has 142 valence electrons. The number of aromatic amines is 1. The predicted octanol–water partition coefficient (Wildman–Crippen LogP) is 6.35. The summed E-state index contributed by atoms with van der Waals surface area (Å²) in [5.74, 6) is 2.25. The average molecular weight is 362 g/mol. The summed E-state index contributed by atoms with van der Waals surface area (Å²) in [5.41, 5.74) is 4.54. The molecule has 3 aromatic rings. The van der Waals surface area contributed by atoms with Gasteiger partial charge in [0.05, 0.1) is 11.2 Å². The van der Waals surface area contributed by atoms with Crippen LogP contribution in [0.4, 0.5) is 0 Å². The van der Waals surface area contributed by atoms with Gasteiger partial charge < -0.3 is 0 Å². The minimum Gasteiger partial charge on any atom is -0.283 e. The quantitative estimate of drug-likeness (QED) is 0.405. The van der Waals surface area contributed by atoms with Crippen LogP contribution in [0.15, 0.2) is 66.9 Å². The van der Waals surface area contributed by atoms with Crippen molar-refractivity contribution in [1.29, 1.82) is 0 Å². The van der Waals surface area contributed by atoms with Crippen molar-refractivity contribution < 1.29 is 0 Å². The molecule has 0 radical (unpaired) electrons. The van der Waals surface area contributed by atoms with Crippen LogP contribution in [0.1, 0.15) is 37.7 Å². The van der Waals surface area contributed by atoms with E-state index >= 15 is 0 Å². The fraction of sp³-hybridized carbons (Fsp3) is 0.250. The zero-order valence-electron chi connectivity index (χ0n) is 17.3. The molecule has 0 spiro atoms. The van der Waals surface area contributed by atoms with Crippen LogP contribution in [0.25, 0.3) is 10.9 Å². The van der Waals surface area contributed by atoms with Crippen molar-refractivity contribution in [2.24, 2.45) is 0 Å². The molecule has 1 aromatic carbocycles. The lowest BCUT2D eigenvalue weighted by molar-refractivity contribution is 1.02. The van der Waals surface area contributed by atoms with Crippen molar-refractivity contribution in [3.8, 4) is 12.3 Å². The Kier molecular flexibility index (Phi) is 13.4. The van der Waals surface area contributed by atoms with Crippen molar-refractivity contribution in [2.75, 3.05) is 0 Å². The molecule has 2 aromatic heterocycles. The van der Waals surface area contributed by atoms with E-state index in [0.29, 0.717) is 0 Å². The van der Waals surface area contributed by atoms with Crippen LogP contribution in [-0.2, 0) is 0 Å². The van der Waals surface area contributed by atoms with E-state index in [2.05, 4.69) is 46.6 Å². The molecule has 0 fully saturated rings. The first kappa shape index (κ1) is 23.9. The second-order valence-corrected chi connectivity index (χ2v) is 5.68. The number of nitrogens with zero attached hydrogens (tertiary/aromatic N) is 2. The Balaban J connectivity index is 0.000000370. The van der Waals surface area contributed by atoms with Crippen molar-refractivity contribution in [3.05, 3.63) is 83.9 Å². The van der Waals surface area contributed by atoms with E-state index in [1.54, 1.807) is 6.92 Å². The summed E-state index contributed by atoms with van der Waals surface area (Å²) in [6.07, 6.45) is 14.4. The molecule has 0 saturated carbocycles. The lowest BCUT2D eigenvalue weighted by atomic mass is 10.1. The topological polar surface area (TPSA) is 41.6 Å². The number of hydrogen-bond acceptors (Lipinski definition) is 2. The summed E-state index contributed by atoms with van der Waals surface area (Å²) in [6, 6.07) is 12.2. The maximum absolute atomic E-state index is 4.60. The first-order valence-electron chi connectivity index (χ1n) is 8.90. The molecule has 0 aliphatic carbocycles. The van der Waals surface area contributed by atoms with Gasteiger partial charge in [-0.05, 0) is 65.3 Å². The standard InChI is InChI=1S/C10H9N.C6H10.C5H8N2.C3H4/c1-8-4-2-6-10-9(8)5-3-7-11-10;1-3-5-6-4-2;1-4-3-5(2)7-6-4;1-3-2/h2-7H,1H3;3-6H,1-2H3;3H,1-2H3,(H,6,7);1H,2H3/b;5-3-,6-4-;;. The van der Waals surface area contributed by atoms with Crippen LogP contribution in [0.2, 0.25) is 0 Å². The van der Waals surface area contributed by atoms with Gasteiger partial charge in [0, 0.05) is 17.3 Å². The fourth-order valence-electron chi connectivity index (χ4n) is 2.03. The second-order valence-electron chi connectivity index (χ2n) is 5.68. The highest BCUT2D eigenvalue weighted by atomic mass is 15.1. The molecule has 0 amide bonds. The molecule has 27 heavy (non-hydrogen) atoms. The third-order valence-corrected chi connectivity index (χ3v) is 3.19. The van der Waals surface area contributed by atoms with E-state index in [1.807, 2.05) is 82.5 Å². The number of aromatic nitrogens is 3. The van der Waals surface area contributed by atoms with Gasteiger partial charge in [-0.25, -0.2) is 0 Å². The number of rotatable bonds is 1. The van der Waals surface area contributed by atoms with Gasteiger partial charge in [0.15, 0.2) is 0 Å². The fourth-order valence-corrected chi connectivity index (χ4v) is 2.03. The summed E-state index contributed by atoms with van der Waals surface area (Å²) in [4.78, 5) is 4.24. The van der Waals surface area contributed by atoms with Crippen LogP contribution in [0.5, 0.6) is 0 Å². The molecule has 0 unspecified atom stereocenters. The second kappa shape index (κ2) is 15.2. The largest absolute Gasteiger partial charge is 0.283 e. The number of pyridine rings is 1. The Morgan fingerprint density at radius 1 is 1.00 bits per heavy atom. The maximum atomic E-state index is 4.60. The Bertz CT molecular complexity index is 833. The van der Waals surface area contributed by atoms with Crippen molar-refractivity contribution in [2.45, 2.75) is 41.5 Å². The minimum absolute atomic E-state index is 1.05. The van der Waals surface area contributed by atoms with Crippen molar-refractivity contribution >= 4 is 10.9 Å².